The van der Waals surface area contributed by atoms with E-state index in [1.807, 2.05) is 31.2 Å². The number of benzene rings is 1. The molecular weight excluding hydrogens is 276 g/mol. The van der Waals surface area contributed by atoms with E-state index in [1.165, 1.54) is 0 Å². The maximum atomic E-state index is 12.1. The van der Waals surface area contributed by atoms with E-state index in [0.29, 0.717) is 0 Å². The molecule has 0 aromatic heterocycles. The molecular formula is C14H22N2O3S. The summed E-state index contributed by atoms with van der Waals surface area (Å²) in [5.74, 6) is 0.909. The molecule has 112 valence electrons. The predicted molar refractivity (Wildman–Crippen MR) is 79.4 cm³/mol. The molecule has 1 saturated heterocycles. The predicted octanol–water partition coefficient (Wildman–Crippen LogP) is 1.43. The summed E-state index contributed by atoms with van der Waals surface area (Å²) in [7, 11) is -1.66. The number of ether oxygens (including phenoxy) is 1. The molecule has 6 heteroatoms. The van der Waals surface area contributed by atoms with E-state index >= 15 is 0 Å². The van der Waals surface area contributed by atoms with E-state index in [2.05, 4.69) is 10.0 Å². The van der Waals surface area contributed by atoms with Crippen molar-refractivity contribution in [2.75, 3.05) is 19.4 Å². The Labute approximate surface area is 120 Å². The van der Waals surface area contributed by atoms with Crippen molar-refractivity contribution < 1.29 is 13.2 Å². The molecule has 2 atom stereocenters. The second-order valence-electron chi connectivity index (χ2n) is 5.19. The summed E-state index contributed by atoms with van der Waals surface area (Å²) in [5, 5.41) is 3.21. The third-order valence-electron chi connectivity index (χ3n) is 3.56. The van der Waals surface area contributed by atoms with Crippen LogP contribution in [0.25, 0.3) is 0 Å². The van der Waals surface area contributed by atoms with Crippen LogP contribution in [-0.2, 0) is 10.0 Å². The van der Waals surface area contributed by atoms with Crippen LogP contribution in [0.1, 0.15) is 31.4 Å². The van der Waals surface area contributed by atoms with Gasteiger partial charge in [0.2, 0.25) is 10.0 Å². The summed E-state index contributed by atoms with van der Waals surface area (Å²) in [6.45, 7) is 2.76. The first kappa shape index (κ1) is 15.3. The van der Waals surface area contributed by atoms with Crippen molar-refractivity contribution in [3.63, 3.8) is 0 Å². The first-order chi connectivity index (χ1) is 9.50. The lowest BCUT2D eigenvalue weighted by molar-refractivity contribution is 0.414. The summed E-state index contributed by atoms with van der Waals surface area (Å²) in [6, 6.07) is 7.25. The van der Waals surface area contributed by atoms with Crippen LogP contribution in [0.15, 0.2) is 24.3 Å². The Bertz CT molecular complexity index is 522. The van der Waals surface area contributed by atoms with Gasteiger partial charge in [0.05, 0.1) is 12.9 Å². The van der Waals surface area contributed by atoms with Crippen molar-refractivity contribution in [3.8, 4) is 5.75 Å². The van der Waals surface area contributed by atoms with Crippen molar-refractivity contribution in [1.29, 1.82) is 0 Å². The van der Waals surface area contributed by atoms with E-state index in [9.17, 15) is 8.42 Å². The zero-order chi connectivity index (χ0) is 14.6. The van der Waals surface area contributed by atoms with Crippen LogP contribution >= 0.6 is 0 Å². The molecule has 2 rings (SSSR count). The molecule has 1 aliphatic rings. The molecule has 1 heterocycles. The molecule has 1 fully saturated rings. The van der Waals surface area contributed by atoms with E-state index in [0.717, 1.165) is 30.7 Å². The average Bonchev–Trinajstić information content (AvgIpc) is 2.90. The third-order valence-corrected chi connectivity index (χ3v) is 5.11. The zero-order valence-electron chi connectivity index (χ0n) is 11.9. The van der Waals surface area contributed by atoms with Crippen LogP contribution in [-0.4, -0.2) is 33.9 Å². The van der Waals surface area contributed by atoms with E-state index in [1.54, 1.807) is 7.11 Å². The highest BCUT2D eigenvalue weighted by Gasteiger charge is 2.23. The molecule has 0 radical (unpaired) electrons. The van der Waals surface area contributed by atoms with Crippen LogP contribution < -0.4 is 14.8 Å². The molecule has 20 heavy (non-hydrogen) atoms. The minimum atomic E-state index is -3.27. The largest absolute Gasteiger partial charge is 0.497 e. The van der Waals surface area contributed by atoms with Gasteiger partial charge < -0.3 is 10.1 Å². The standard InChI is InChI=1S/C14H22N2O3S/c1-11(12-5-7-14(19-2)8-6-12)16-20(17,18)10-13-4-3-9-15-13/h5-8,11,13,15-16H,3-4,9-10H2,1-2H3. The number of methoxy groups -OCH3 is 1. The third kappa shape index (κ3) is 4.19. The highest BCUT2D eigenvalue weighted by molar-refractivity contribution is 7.89. The Balaban J connectivity index is 1.96. The normalized spacial score (nSPS) is 20.8. The second kappa shape index (κ2) is 6.56. The highest BCUT2D eigenvalue weighted by atomic mass is 32.2. The zero-order valence-corrected chi connectivity index (χ0v) is 12.7. The fraction of sp³-hybridized carbons (Fsp3) is 0.571. The number of nitrogens with one attached hydrogen (secondary N) is 2. The highest BCUT2D eigenvalue weighted by Crippen LogP contribution is 2.18. The van der Waals surface area contributed by atoms with Crippen molar-refractivity contribution >= 4 is 10.0 Å². The van der Waals surface area contributed by atoms with Crippen LogP contribution in [0.4, 0.5) is 0 Å². The number of hydrogen-bond donors (Lipinski definition) is 2. The van der Waals surface area contributed by atoms with Gasteiger partial charge in [-0.15, -0.1) is 0 Å². The van der Waals surface area contributed by atoms with Gasteiger partial charge in [-0.25, -0.2) is 13.1 Å². The molecule has 0 spiro atoms. The fourth-order valence-corrected chi connectivity index (χ4v) is 4.03. The van der Waals surface area contributed by atoms with Gasteiger partial charge in [-0.2, -0.15) is 0 Å². The second-order valence-corrected chi connectivity index (χ2v) is 6.99. The monoisotopic (exact) mass is 298 g/mol. The topological polar surface area (TPSA) is 67.4 Å². The maximum Gasteiger partial charge on any atom is 0.213 e. The SMILES string of the molecule is COc1ccc(C(C)NS(=O)(=O)CC2CCCN2)cc1. The number of sulfonamides is 1. The van der Waals surface area contributed by atoms with Crippen molar-refractivity contribution in [2.45, 2.75) is 31.8 Å². The molecule has 2 unspecified atom stereocenters. The van der Waals surface area contributed by atoms with Crippen LogP contribution in [0.2, 0.25) is 0 Å². The van der Waals surface area contributed by atoms with E-state index < -0.39 is 10.0 Å². The molecule has 1 aromatic carbocycles. The van der Waals surface area contributed by atoms with Crippen LogP contribution in [0, 0.1) is 0 Å². The summed E-state index contributed by atoms with van der Waals surface area (Å²) < 4.78 is 32.1. The van der Waals surface area contributed by atoms with Gasteiger partial charge in [-0.1, -0.05) is 12.1 Å². The molecule has 5 nitrogen and oxygen atoms in total. The Morgan fingerprint density at radius 3 is 2.65 bits per heavy atom. The van der Waals surface area contributed by atoms with E-state index in [-0.39, 0.29) is 17.8 Å². The molecule has 1 aliphatic heterocycles. The Morgan fingerprint density at radius 1 is 1.40 bits per heavy atom. The van der Waals surface area contributed by atoms with Gasteiger partial charge in [-0.05, 0) is 44.0 Å². The molecule has 1 aromatic rings. The molecule has 0 amide bonds. The van der Waals surface area contributed by atoms with Crippen LogP contribution in [0.5, 0.6) is 5.75 Å². The number of rotatable bonds is 6. The van der Waals surface area contributed by atoms with Gasteiger partial charge >= 0.3 is 0 Å². The van der Waals surface area contributed by atoms with Gasteiger partial charge in [0.25, 0.3) is 0 Å². The lowest BCUT2D eigenvalue weighted by Gasteiger charge is -2.17. The van der Waals surface area contributed by atoms with E-state index in [4.69, 9.17) is 4.74 Å². The minimum absolute atomic E-state index is 0.0792. The molecule has 0 bridgehead atoms. The van der Waals surface area contributed by atoms with Crippen LogP contribution in [0.3, 0.4) is 0 Å². The fourth-order valence-electron chi connectivity index (χ4n) is 2.44. The summed E-state index contributed by atoms with van der Waals surface area (Å²) in [5.41, 5.74) is 0.925. The molecule has 0 saturated carbocycles. The summed E-state index contributed by atoms with van der Waals surface area (Å²) in [6.07, 6.45) is 1.98. The Hall–Kier alpha value is -1.11. The average molecular weight is 298 g/mol. The van der Waals surface area contributed by atoms with Crippen molar-refractivity contribution in [3.05, 3.63) is 29.8 Å². The summed E-state index contributed by atoms with van der Waals surface area (Å²) >= 11 is 0. The first-order valence-electron chi connectivity index (χ1n) is 6.87. The Kier molecular flexibility index (Phi) is 5.01. The smallest absolute Gasteiger partial charge is 0.213 e. The lowest BCUT2D eigenvalue weighted by Crippen LogP contribution is -2.37. The first-order valence-corrected chi connectivity index (χ1v) is 8.53. The van der Waals surface area contributed by atoms with Gasteiger partial charge in [0.15, 0.2) is 0 Å². The van der Waals surface area contributed by atoms with Gasteiger partial charge in [-0.3, -0.25) is 0 Å². The lowest BCUT2D eigenvalue weighted by atomic mass is 10.1. The molecule has 0 aliphatic carbocycles. The van der Waals surface area contributed by atoms with Gasteiger partial charge in [0, 0.05) is 12.1 Å². The molecule has 2 N–H and O–H groups in total. The minimum Gasteiger partial charge on any atom is -0.497 e. The Morgan fingerprint density at radius 2 is 2.10 bits per heavy atom. The summed E-state index contributed by atoms with van der Waals surface area (Å²) in [4.78, 5) is 0. The number of hydrogen-bond acceptors (Lipinski definition) is 4. The van der Waals surface area contributed by atoms with Crippen molar-refractivity contribution in [1.82, 2.24) is 10.0 Å². The quantitative estimate of drug-likeness (QED) is 0.833. The van der Waals surface area contributed by atoms with Gasteiger partial charge in [0.1, 0.15) is 5.75 Å². The maximum absolute atomic E-state index is 12.1. The van der Waals surface area contributed by atoms with Crippen molar-refractivity contribution in [2.24, 2.45) is 0 Å².